The summed E-state index contributed by atoms with van der Waals surface area (Å²) < 4.78 is 0. The van der Waals surface area contributed by atoms with Gasteiger partial charge in [0.05, 0.1) is 0 Å². The molecule has 1 heterocycles. The van der Waals surface area contributed by atoms with Gasteiger partial charge < -0.3 is 0 Å². The predicted molar refractivity (Wildman–Crippen MR) is 201 cm³/mol. The minimum atomic E-state index is 0.630. The Morgan fingerprint density at radius 3 is 1.75 bits per heavy atom. The van der Waals surface area contributed by atoms with Crippen LogP contribution in [-0.4, -0.2) is 15.0 Å². The zero-order chi connectivity index (χ0) is 32.5. The second-order valence-electron chi connectivity index (χ2n) is 12.0. The smallest absolute Gasteiger partial charge is 0.164 e. The number of fused-ring (bicyclic) bond motifs is 3. The van der Waals surface area contributed by atoms with Gasteiger partial charge in [0.2, 0.25) is 0 Å². The van der Waals surface area contributed by atoms with E-state index in [9.17, 15) is 0 Å². The van der Waals surface area contributed by atoms with Gasteiger partial charge in [0.15, 0.2) is 17.5 Å². The number of hydrogen-bond donors (Lipinski definition) is 0. The van der Waals surface area contributed by atoms with Gasteiger partial charge in [-0.25, -0.2) is 15.0 Å². The standard InChI is InChI=1S/C45H33N3/c1-3-35-37-21-11-12-22-38(37)39-23-13-15-25-41(39)42(35)40-24-14-10-20-36(40)30(2)31-26-28-34(29-27-31)45-47-43(32-16-6-4-7-17-32)46-44(48-45)33-18-8-5-9-19-33/h3-10,12-20,22-29H,1-2,11,21H2. The Labute approximate surface area is 281 Å². The molecule has 0 saturated carbocycles. The second kappa shape index (κ2) is 12.5. The third-order valence-electron chi connectivity index (χ3n) is 9.17. The summed E-state index contributed by atoms with van der Waals surface area (Å²) in [5.74, 6) is 1.92. The molecule has 0 fully saturated rings. The molecule has 3 nitrogen and oxygen atoms in total. The highest BCUT2D eigenvalue weighted by molar-refractivity contribution is 6.08. The van der Waals surface area contributed by atoms with Gasteiger partial charge in [0.25, 0.3) is 0 Å². The Kier molecular flexibility index (Phi) is 7.64. The summed E-state index contributed by atoms with van der Waals surface area (Å²) in [7, 11) is 0. The van der Waals surface area contributed by atoms with Crippen molar-refractivity contribution < 1.29 is 0 Å². The maximum absolute atomic E-state index is 4.91. The molecule has 0 amide bonds. The SMILES string of the molecule is C=Cc1c2c(c3ccccc3c1-c1ccccc1C(=C)c1ccc(-c3nc(-c4ccccc4)nc(-c4ccccc4)n3)cc1)C=CCC2. The molecule has 8 rings (SSSR count). The van der Waals surface area contributed by atoms with Gasteiger partial charge in [0, 0.05) is 16.7 Å². The van der Waals surface area contributed by atoms with E-state index in [0.29, 0.717) is 17.5 Å². The molecule has 0 atom stereocenters. The summed E-state index contributed by atoms with van der Waals surface area (Å²) >= 11 is 0. The first-order valence-electron chi connectivity index (χ1n) is 16.3. The first kappa shape index (κ1) is 29.2. The van der Waals surface area contributed by atoms with E-state index in [4.69, 9.17) is 15.0 Å². The van der Waals surface area contributed by atoms with Crippen LogP contribution in [0.1, 0.15) is 34.2 Å². The van der Waals surface area contributed by atoms with E-state index in [-0.39, 0.29) is 0 Å². The topological polar surface area (TPSA) is 38.7 Å². The minimum Gasteiger partial charge on any atom is -0.208 e. The zero-order valence-electron chi connectivity index (χ0n) is 26.6. The van der Waals surface area contributed by atoms with Crippen LogP contribution in [0.25, 0.3) is 73.8 Å². The molecule has 3 heteroatoms. The van der Waals surface area contributed by atoms with Crippen LogP contribution in [0.3, 0.4) is 0 Å². The molecule has 0 N–H and O–H groups in total. The number of allylic oxidation sites excluding steroid dienone is 1. The van der Waals surface area contributed by atoms with Crippen molar-refractivity contribution in [3.63, 3.8) is 0 Å². The van der Waals surface area contributed by atoms with Gasteiger partial charge in [0.1, 0.15) is 0 Å². The molecule has 1 aliphatic carbocycles. The molecule has 0 radical (unpaired) electrons. The van der Waals surface area contributed by atoms with E-state index >= 15 is 0 Å². The van der Waals surface area contributed by atoms with Gasteiger partial charge in [-0.05, 0) is 68.1 Å². The van der Waals surface area contributed by atoms with Crippen LogP contribution >= 0.6 is 0 Å². The van der Waals surface area contributed by atoms with Gasteiger partial charge in [-0.1, -0.05) is 165 Å². The average Bonchev–Trinajstić information content (AvgIpc) is 3.17. The molecule has 228 valence electrons. The predicted octanol–water partition coefficient (Wildman–Crippen LogP) is 11.4. The largest absolute Gasteiger partial charge is 0.208 e. The Morgan fingerprint density at radius 2 is 1.12 bits per heavy atom. The maximum Gasteiger partial charge on any atom is 0.164 e. The third-order valence-corrected chi connectivity index (χ3v) is 9.17. The Bertz CT molecular complexity index is 2290. The second-order valence-corrected chi connectivity index (χ2v) is 12.0. The monoisotopic (exact) mass is 615 g/mol. The first-order valence-corrected chi connectivity index (χ1v) is 16.3. The van der Waals surface area contributed by atoms with Crippen molar-refractivity contribution in [3.05, 3.63) is 181 Å². The Morgan fingerprint density at radius 1 is 0.583 bits per heavy atom. The van der Waals surface area contributed by atoms with E-state index in [1.54, 1.807) is 0 Å². The number of benzene rings is 6. The lowest BCUT2D eigenvalue weighted by Gasteiger charge is -2.23. The summed E-state index contributed by atoms with van der Waals surface area (Å²) in [5.41, 5.74) is 12.2. The normalized spacial score (nSPS) is 12.1. The van der Waals surface area contributed by atoms with Crippen LogP contribution in [0.5, 0.6) is 0 Å². The Balaban J connectivity index is 1.21. The fourth-order valence-electron chi connectivity index (χ4n) is 6.82. The molecule has 0 unspecified atom stereocenters. The van der Waals surface area contributed by atoms with Crippen molar-refractivity contribution in [2.75, 3.05) is 0 Å². The van der Waals surface area contributed by atoms with Gasteiger partial charge >= 0.3 is 0 Å². The van der Waals surface area contributed by atoms with E-state index < -0.39 is 0 Å². The molecular formula is C45H33N3. The molecule has 0 aliphatic heterocycles. The molecular weight excluding hydrogens is 583 g/mol. The molecule has 48 heavy (non-hydrogen) atoms. The molecule has 0 bridgehead atoms. The van der Waals surface area contributed by atoms with E-state index in [1.807, 2.05) is 66.7 Å². The van der Waals surface area contributed by atoms with Crippen molar-refractivity contribution in [1.29, 1.82) is 0 Å². The highest BCUT2D eigenvalue weighted by Crippen LogP contribution is 2.43. The summed E-state index contributed by atoms with van der Waals surface area (Å²) in [6.07, 6.45) is 8.64. The van der Waals surface area contributed by atoms with Crippen LogP contribution in [0.4, 0.5) is 0 Å². The van der Waals surface area contributed by atoms with Crippen molar-refractivity contribution in [2.45, 2.75) is 12.8 Å². The van der Waals surface area contributed by atoms with Crippen molar-refractivity contribution in [2.24, 2.45) is 0 Å². The summed E-state index contributed by atoms with van der Waals surface area (Å²) in [4.78, 5) is 14.7. The fraction of sp³-hybridized carbons (Fsp3) is 0.0444. The highest BCUT2D eigenvalue weighted by atomic mass is 15.0. The van der Waals surface area contributed by atoms with Crippen LogP contribution in [0.15, 0.2) is 153 Å². The van der Waals surface area contributed by atoms with Crippen LogP contribution < -0.4 is 0 Å². The molecule has 0 saturated heterocycles. The van der Waals surface area contributed by atoms with E-state index in [1.165, 1.54) is 33.0 Å². The van der Waals surface area contributed by atoms with Gasteiger partial charge in [-0.2, -0.15) is 0 Å². The highest BCUT2D eigenvalue weighted by Gasteiger charge is 2.21. The summed E-state index contributed by atoms with van der Waals surface area (Å²) in [5, 5.41) is 2.50. The van der Waals surface area contributed by atoms with Crippen molar-refractivity contribution in [3.8, 4) is 45.3 Å². The van der Waals surface area contributed by atoms with E-state index in [0.717, 1.165) is 51.8 Å². The lowest BCUT2D eigenvalue weighted by Crippen LogP contribution is -2.03. The number of rotatable bonds is 7. The van der Waals surface area contributed by atoms with Gasteiger partial charge in [-0.15, -0.1) is 0 Å². The average molecular weight is 616 g/mol. The summed E-state index contributed by atoms with van der Waals surface area (Å²) in [6.45, 7) is 8.93. The van der Waals surface area contributed by atoms with Crippen molar-refractivity contribution in [1.82, 2.24) is 15.0 Å². The molecule has 1 aliphatic rings. The van der Waals surface area contributed by atoms with Gasteiger partial charge in [-0.3, -0.25) is 0 Å². The van der Waals surface area contributed by atoms with Crippen LogP contribution in [-0.2, 0) is 6.42 Å². The molecule has 1 aromatic heterocycles. The van der Waals surface area contributed by atoms with Crippen LogP contribution in [0, 0.1) is 0 Å². The summed E-state index contributed by atoms with van der Waals surface area (Å²) in [6, 6.07) is 45.8. The van der Waals surface area contributed by atoms with Crippen LogP contribution in [0.2, 0.25) is 0 Å². The Hall–Kier alpha value is -6.19. The molecule has 6 aromatic carbocycles. The molecule has 0 spiro atoms. The number of hydrogen-bond acceptors (Lipinski definition) is 3. The lowest BCUT2D eigenvalue weighted by molar-refractivity contribution is 0.987. The zero-order valence-corrected chi connectivity index (χ0v) is 26.6. The third kappa shape index (κ3) is 5.26. The quantitative estimate of drug-likeness (QED) is 0.179. The van der Waals surface area contributed by atoms with E-state index in [2.05, 4.69) is 98.1 Å². The number of nitrogens with zero attached hydrogens (tertiary/aromatic N) is 3. The maximum atomic E-state index is 4.91. The minimum absolute atomic E-state index is 0.630. The lowest BCUT2D eigenvalue weighted by atomic mass is 9.80. The van der Waals surface area contributed by atoms with Crippen molar-refractivity contribution >= 4 is 28.5 Å². The first-order chi connectivity index (χ1) is 23.7. The fourth-order valence-corrected chi connectivity index (χ4v) is 6.82. The number of aromatic nitrogens is 3. The molecule has 7 aromatic rings.